The summed E-state index contributed by atoms with van der Waals surface area (Å²) < 4.78 is 32.9. The third-order valence-electron chi connectivity index (χ3n) is 3.11. The lowest BCUT2D eigenvalue weighted by Crippen LogP contribution is -2.19. The van der Waals surface area contributed by atoms with Crippen molar-refractivity contribution in [2.24, 2.45) is 0 Å². The highest BCUT2D eigenvalue weighted by molar-refractivity contribution is 5.52. The highest BCUT2D eigenvalue weighted by Gasteiger charge is 2.15. The van der Waals surface area contributed by atoms with Crippen molar-refractivity contribution < 1.29 is 13.5 Å². The van der Waals surface area contributed by atoms with Gasteiger partial charge in [0.05, 0.1) is 18.7 Å². The lowest BCUT2D eigenvalue weighted by molar-refractivity contribution is 0.414. The van der Waals surface area contributed by atoms with Gasteiger partial charge < -0.3 is 9.64 Å². The van der Waals surface area contributed by atoms with Crippen LogP contribution in [0.5, 0.6) is 5.75 Å². The van der Waals surface area contributed by atoms with Crippen LogP contribution in [0.15, 0.2) is 36.4 Å². The minimum absolute atomic E-state index is 0.0356. The van der Waals surface area contributed by atoms with E-state index in [-0.39, 0.29) is 11.3 Å². The smallest absolute Gasteiger partial charge is 0.150 e. The summed E-state index contributed by atoms with van der Waals surface area (Å²) in [6.07, 6.45) is 0. The van der Waals surface area contributed by atoms with Crippen LogP contribution in [-0.2, 0) is 6.54 Å². The van der Waals surface area contributed by atoms with Crippen LogP contribution in [0.4, 0.5) is 14.5 Å². The van der Waals surface area contributed by atoms with Gasteiger partial charge in [-0.3, -0.25) is 0 Å². The number of anilines is 1. The molecule has 0 saturated heterocycles. The predicted octanol–water partition coefficient (Wildman–Crippen LogP) is 3.48. The molecule has 2 rings (SSSR count). The lowest BCUT2D eigenvalue weighted by atomic mass is 10.1. The van der Waals surface area contributed by atoms with Crippen molar-refractivity contribution in [3.63, 3.8) is 0 Å². The molecule has 0 N–H and O–H groups in total. The number of halogens is 2. The van der Waals surface area contributed by atoms with E-state index in [1.165, 1.54) is 4.90 Å². The molecule has 21 heavy (non-hydrogen) atoms. The number of ether oxygens (including phenoxy) is 1. The first kappa shape index (κ1) is 14.8. The second-order valence-corrected chi connectivity index (χ2v) is 4.60. The molecule has 0 bridgehead atoms. The van der Waals surface area contributed by atoms with Crippen molar-refractivity contribution in [2.75, 3.05) is 19.1 Å². The number of methoxy groups -OCH3 is 1. The van der Waals surface area contributed by atoms with Gasteiger partial charge >= 0.3 is 0 Å². The first-order valence-electron chi connectivity index (χ1n) is 6.28. The molecule has 0 atom stereocenters. The highest BCUT2D eigenvalue weighted by atomic mass is 19.1. The average molecular weight is 288 g/mol. The summed E-state index contributed by atoms with van der Waals surface area (Å²) in [5, 5.41) is 8.69. The zero-order valence-electron chi connectivity index (χ0n) is 11.7. The third-order valence-corrected chi connectivity index (χ3v) is 3.11. The van der Waals surface area contributed by atoms with Crippen LogP contribution in [0.25, 0.3) is 0 Å². The molecule has 2 aromatic rings. The maximum atomic E-state index is 13.9. The van der Waals surface area contributed by atoms with Crippen LogP contribution in [0.2, 0.25) is 0 Å². The van der Waals surface area contributed by atoms with E-state index in [0.717, 1.165) is 23.4 Å². The van der Waals surface area contributed by atoms with Gasteiger partial charge in [-0.05, 0) is 29.8 Å². The van der Waals surface area contributed by atoms with E-state index in [0.29, 0.717) is 6.54 Å². The maximum Gasteiger partial charge on any atom is 0.150 e. The normalized spacial score (nSPS) is 10.0. The van der Waals surface area contributed by atoms with Gasteiger partial charge in [0.1, 0.15) is 11.4 Å². The van der Waals surface area contributed by atoms with Crippen LogP contribution in [0.1, 0.15) is 11.1 Å². The van der Waals surface area contributed by atoms with Crippen molar-refractivity contribution in [1.29, 1.82) is 5.26 Å². The Hall–Kier alpha value is -2.61. The largest absolute Gasteiger partial charge is 0.497 e. The first-order valence-corrected chi connectivity index (χ1v) is 6.28. The maximum absolute atomic E-state index is 13.9. The summed E-state index contributed by atoms with van der Waals surface area (Å²) in [7, 11) is 3.17. The number of benzene rings is 2. The van der Waals surface area contributed by atoms with Crippen molar-refractivity contribution >= 4 is 5.69 Å². The number of nitriles is 1. The third kappa shape index (κ3) is 3.29. The summed E-state index contributed by atoms with van der Waals surface area (Å²) in [5.74, 6) is -0.776. The summed E-state index contributed by atoms with van der Waals surface area (Å²) in [4.78, 5) is 1.47. The van der Waals surface area contributed by atoms with E-state index in [9.17, 15) is 8.78 Å². The second kappa shape index (κ2) is 6.23. The molecule has 0 aliphatic rings. The van der Waals surface area contributed by atoms with E-state index in [1.807, 2.05) is 12.1 Å². The van der Waals surface area contributed by atoms with Crippen molar-refractivity contribution in [1.82, 2.24) is 0 Å². The van der Waals surface area contributed by atoms with Crippen LogP contribution in [0, 0.1) is 23.0 Å². The molecule has 0 amide bonds. The van der Waals surface area contributed by atoms with Gasteiger partial charge in [-0.25, -0.2) is 8.78 Å². The Balaban J connectivity index is 2.24. The molecule has 3 nitrogen and oxygen atoms in total. The molecule has 108 valence electrons. The molecular formula is C16H14F2N2O. The zero-order chi connectivity index (χ0) is 15.4. The topological polar surface area (TPSA) is 36.3 Å². The van der Waals surface area contributed by atoms with Crippen molar-refractivity contribution in [2.45, 2.75) is 6.54 Å². The summed E-state index contributed by atoms with van der Waals surface area (Å²) in [6.45, 7) is 0.337. The minimum Gasteiger partial charge on any atom is -0.497 e. The number of hydrogen-bond donors (Lipinski definition) is 0. The molecule has 0 aromatic heterocycles. The standard InChI is InChI=1S/C16H14F2N2O/c1-20(10-11-3-5-13(21-2)6-4-11)16-14(17)7-12(9-19)8-15(16)18/h3-8H,10H2,1-2H3. The van der Waals surface area contributed by atoms with Crippen LogP contribution in [-0.4, -0.2) is 14.2 Å². The van der Waals surface area contributed by atoms with E-state index in [1.54, 1.807) is 32.4 Å². The summed E-state index contributed by atoms with van der Waals surface area (Å²) >= 11 is 0. The van der Waals surface area contributed by atoms with E-state index in [2.05, 4.69) is 0 Å². The molecule has 0 radical (unpaired) electrons. The second-order valence-electron chi connectivity index (χ2n) is 4.60. The summed E-state index contributed by atoms with van der Waals surface area (Å²) in [5.41, 5.74) is 0.706. The van der Waals surface area contributed by atoms with Gasteiger partial charge in [0.25, 0.3) is 0 Å². The molecule has 0 unspecified atom stereocenters. The van der Waals surface area contributed by atoms with Gasteiger partial charge in [0.15, 0.2) is 11.6 Å². The van der Waals surface area contributed by atoms with E-state index >= 15 is 0 Å². The van der Waals surface area contributed by atoms with Gasteiger partial charge in [0.2, 0.25) is 0 Å². The monoisotopic (exact) mass is 288 g/mol. The van der Waals surface area contributed by atoms with Crippen molar-refractivity contribution in [3.05, 3.63) is 59.2 Å². The van der Waals surface area contributed by atoms with E-state index < -0.39 is 11.6 Å². The first-order chi connectivity index (χ1) is 10.0. The molecule has 0 aliphatic heterocycles. The molecule has 0 fully saturated rings. The average Bonchev–Trinajstić information content (AvgIpc) is 2.47. The van der Waals surface area contributed by atoms with Gasteiger partial charge in [0, 0.05) is 13.6 Å². The fraction of sp³-hybridized carbons (Fsp3) is 0.188. The Kier molecular flexibility index (Phi) is 4.39. The highest BCUT2D eigenvalue weighted by Crippen LogP contribution is 2.25. The Morgan fingerprint density at radius 2 is 1.71 bits per heavy atom. The van der Waals surface area contributed by atoms with E-state index in [4.69, 9.17) is 10.00 Å². The van der Waals surface area contributed by atoms with Crippen LogP contribution in [0.3, 0.4) is 0 Å². The quantitative estimate of drug-likeness (QED) is 0.864. The Morgan fingerprint density at radius 1 is 1.14 bits per heavy atom. The SMILES string of the molecule is COc1ccc(CN(C)c2c(F)cc(C#N)cc2F)cc1. The minimum atomic E-state index is -0.748. The molecule has 5 heteroatoms. The van der Waals surface area contributed by atoms with Crippen molar-refractivity contribution in [3.8, 4) is 11.8 Å². The summed E-state index contributed by atoms with van der Waals surface area (Å²) in [6, 6.07) is 11.0. The number of nitrogens with zero attached hydrogens (tertiary/aromatic N) is 2. The van der Waals surface area contributed by atoms with Gasteiger partial charge in [-0.2, -0.15) is 5.26 Å². The molecule has 0 saturated carbocycles. The number of hydrogen-bond acceptors (Lipinski definition) is 3. The molecule has 2 aromatic carbocycles. The molecule has 0 spiro atoms. The zero-order valence-corrected chi connectivity index (χ0v) is 11.7. The Morgan fingerprint density at radius 3 is 2.19 bits per heavy atom. The van der Waals surface area contributed by atoms with Crippen LogP contribution < -0.4 is 9.64 Å². The van der Waals surface area contributed by atoms with Gasteiger partial charge in [-0.15, -0.1) is 0 Å². The Bertz CT molecular complexity index is 655. The predicted molar refractivity (Wildman–Crippen MR) is 76.2 cm³/mol. The molecule has 0 heterocycles. The molecular weight excluding hydrogens is 274 g/mol. The van der Waals surface area contributed by atoms with Crippen LogP contribution >= 0.6 is 0 Å². The number of rotatable bonds is 4. The fourth-order valence-corrected chi connectivity index (χ4v) is 2.08. The Labute approximate surface area is 122 Å². The molecule has 0 aliphatic carbocycles. The fourth-order valence-electron chi connectivity index (χ4n) is 2.08. The lowest BCUT2D eigenvalue weighted by Gasteiger charge is -2.21. The van der Waals surface area contributed by atoms with Gasteiger partial charge in [-0.1, -0.05) is 12.1 Å².